The van der Waals surface area contributed by atoms with E-state index >= 15 is 0 Å². The second-order valence-electron chi connectivity index (χ2n) is 5.26. The lowest BCUT2D eigenvalue weighted by Gasteiger charge is -2.14. The van der Waals surface area contributed by atoms with Crippen molar-refractivity contribution in [2.24, 2.45) is 0 Å². The summed E-state index contributed by atoms with van der Waals surface area (Å²) in [5.74, 6) is -1.46. The van der Waals surface area contributed by atoms with E-state index in [1.54, 1.807) is 19.2 Å². The fourth-order valence-corrected chi connectivity index (χ4v) is 3.15. The second-order valence-corrected chi connectivity index (χ2v) is 6.26. The Bertz CT molecular complexity index is 835. The van der Waals surface area contributed by atoms with E-state index in [-0.39, 0.29) is 10.6 Å². The van der Waals surface area contributed by atoms with Crippen LogP contribution in [-0.2, 0) is 9.53 Å². The van der Waals surface area contributed by atoms with E-state index in [0.29, 0.717) is 21.7 Å². The number of aryl methyl sites for hydroxylation is 2. The third-order valence-electron chi connectivity index (χ3n) is 3.18. The topological polar surface area (TPSA) is 107 Å². The maximum absolute atomic E-state index is 12.2. The Morgan fingerprint density at radius 2 is 1.96 bits per heavy atom. The van der Waals surface area contributed by atoms with Gasteiger partial charge in [-0.1, -0.05) is 0 Å². The molecule has 2 rings (SSSR count). The Morgan fingerprint density at radius 3 is 2.56 bits per heavy atom. The summed E-state index contributed by atoms with van der Waals surface area (Å²) >= 11 is 0.969. The lowest BCUT2D eigenvalue weighted by atomic mass is 10.2. The number of anilines is 1. The maximum Gasteiger partial charge on any atom is 0.405 e. The first-order chi connectivity index (χ1) is 11.5. The van der Waals surface area contributed by atoms with Crippen LogP contribution in [0.4, 0.5) is 18.9 Å². The highest BCUT2D eigenvalue weighted by Crippen LogP contribution is 2.34. The predicted molar refractivity (Wildman–Crippen MR) is 85.2 cm³/mol. The standard InChI is InChI=1S/C14H15F3N4O3S/c1-5-8-9(18)10(25-12(8)21-7(3)20-5)13(23)24-6(2)11(22)19-4-14(15,16)17/h6H,4,18H2,1-3H3,(H,19,22). The van der Waals surface area contributed by atoms with Crippen molar-refractivity contribution >= 4 is 39.1 Å². The Morgan fingerprint density at radius 1 is 1.32 bits per heavy atom. The SMILES string of the molecule is Cc1nc(C)c2c(N)c(C(=O)OC(C)C(=O)NCC(F)(F)F)sc2n1. The van der Waals surface area contributed by atoms with Crippen LogP contribution in [0, 0.1) is 13.8 Å². The van der Waals surface area contributed by atoms with Gasteiger partial charge in [-0.2, -0.15) is 13.2 Å². The van der Waals surface area contributed by atoms with E-state index in [0.717, 1.165) is 11.3 Å². The molecule has 0 spiro atoms. The quantitative estimate of drug-likeness (QED) is 0.792. The molecule has 11 heteroatoms. The molecule has 25 heavy (non-hydrogen) atoms. The minimum atomic E-state index is -4.55. The van der Waals surface area contributed by atoms with Crippen LogP contribution in [0.2, 0.25) is 0 Å². The molecule has 136 valence electrons. The Kier molecular flexibility index (Phi) is 5.16. The number of hydrogen-bond acceptors (Lipinski definition) is 7. The van der Waals surface area contributed by atoms with Crippen LogP contribution < -0.4 is 11.1 Å². The number of hydrogen-bond donors (Lipinski definition) is 2. The van der Waals surface area contributed by atoms with Crippen molar-refractivity contribution in [2.45, 2.75) is 33.1 Å². The van der Waals surface area contributed by atoms with Crippen LogP contribution in [0.25, 0.3) is 10.2 Å². The van der Waals surface area contributed by atoms with E-state index in [2.05, 4.69) is 9.97 Å². The average molecular weight is 376 g/mol. The minimum Gasteiger partial charge on any atom is -0.448 e. The Labute approximate surface area is 144 Å². The molecule has 0 aliphatic rings. The molecule has 3 N–H and O–H groups in total. The number of alkyl halides is 3. The van der Waals surface area contributed by atoms with Crippen molar-refractivity contribution in [2.75, 3.05) is 12.3 Å². The van der Waals surface area contributed by atoms with Gasteiger partial charge in [0.2, 0.25) is 0 Å². The zero-order valence-corrected chi connectivity index (χ0v) is 14.3. The number of nitrogens with zero attached hydrogens (tertiary/aromatic N) is 2. The lowest BCUT2D eigenvalue weighted by molar-refractivity contribution is -0.143. The van der Waals surface area contributed by atoms with Gasteiger partial charge in [-0.05, 0) is 20.8 Å². The van der Waals surface area contributed by atoms with Gasteiger partial charge in [-0.3, -0.25) is 4.79 Å². The van der Waals surface area contributed by atoms with Crippen molar-refractivity contribution in [3.05, 3.63) is 16.4 Å². The molecular weight excluding hydrogens is 361 g/mol. The summed E-state index contributed by atoms with van der Waals surface area (Å²) < 4.78 is 41.2. The molecule has 0 aliphatic carbocycles. The molecule has 1 atom stereocenters. The highest BCUT2D eigenvalue weighted by atomic mass is 32.1. The number of thiophene rings is 1. The van der Waals surface area contributed by atoms with Crippen LogP contribution in [0.15, 0.2) is 0 Å². The number of nitrogens with two attached hydrogens (primary N) is 1. The summed E-state index contributed by atoms with van der Waals surface area (Å²) in [6.45, 7) is 3.06. The van der Waals surface area contributed by atoms with Gasteiger partial charge in [-0.15, -0.1) is 11.3 Å². The molecule has 1 amide bonds. The number of nitrogen functional groups attached to an aromatic ring is 1. The van der Waals surface area contributed by atoms with E-state index in [9.17, 15) is 22.8 Å². The first-order valence-electron chi connectivity index (χ1n) is 7.08. The number of esters is 1. The fraction of sp³-hybridized carbons (Fsp3) is 0.429. The normalized spacial score (nSPS) is 12.9. The van der Waals surface area contributed by atoms with Crippen LogP contribution in [0.5, 0.6) is 0 Å². The summed E-state index contributed by atoms with van der Waals surface area (Å²) in [7, 11) is 0. The Hall–Kier alpha value is -2.43. The summed E-state index contributed by atoms with van der Waals surface area (Å²) in [6, 6.07) is 0. The highest BCUT2D eigenvalue weighted by Gasteiger charge is 2.30. The first-order valence-corrected chi connectivity index (χ1v) is 7.90. The number of rotatable bonds is 4. The van der Waals surface area contributed by atoms with Crippen molar-refractivity contribution in [1.29, 1.82) is 0 Å². The van der Waals surface area contributed by atoms with Crippen molar-refractivity contribution in [1.82, 2.24) is 15.3 Å². The average Bonchev–Trinajstić information content (AvgIpc) is 2.80. The molecule has 7 nitrogen and oxygen atoms in total. The van der Waals surface area contributed by atoms with Gasteiger partial charge in [0.05, 0.1) is 16.8 Å². The second kappa shape index (κ2) is 6.82. The van der Waals surface area contributed by atoms with Gasteiger partial charge in [-0.25, -0.2) is 14.8 Å². The molecule has 0 saturated carbocycles. The number of amides is 1. The van der Waals surface area contributed by atoms with Gasteiger partial charge in [0, 0.05) is 0 Å². The zero-order chi connectivity index (χ0) is 18.9. The number of aromatic nitrogens is 2. The molecule has 1 unspecified atom stereocenters. The first kappa shape index (κ1) is 18.9. The largest absolute Gasteiger partial charge is 0.448 e. The molecule has 0 fully saturated rings. The van der Waals surface area contributed by atoms with Gasteiger partial charge >= 0.3 is 12.1 Å². The maximum atomic E-state index is 12.2. The van der Waals surface area contributed by atoms with Gasteiger partial charge in [0.25, 0.3) is 5.91 Å². The fourth-order valence-electron chi connectivity index (χ4n) is 2.08. The van der Waals surface area contributed by atoms with Crippen molar-refractivity contribution in [3.63, 3.8) is 0 Å². The minimum absolute atomic E-state index is 0.0217. The van der Waals surface area contributed by atoms with Crippen LogP contribution >= 0.6 is 11.3 Å². The number of halogens is 3. The third-order valence-corrected chi connectivity index (χ3v) is 4.26. The number of carbonyl (C=O) groups is 2. The molecular formula is C14H15F3N4O3S. The van der Waals surface area contributed by atoms with Crippen LogP contribution in [0.3, 0.4) is 0 Å². The summed E-state index contributed by atoms with van der Waals surface area (Å²) in [5.41, 5.74) is 6.64. The van der Waals surface area contributed by atoms with Crippen LogP contribution in [0.1, 0.15) is 28.1 Å². The number of nitrogens with one attached hydrogen (secondary N) is 1. The molecule has 2 heterocycles. The van der Waals surface area contributed by atoms with Crippen molar-refractivity contribution < 1.29 is 27.5 Å². The highest BCUT2D eigenvalue weighted by molar-refractivity contribution is 7.21. The summed E-state index contributed by atoms with van der Waals surface area (Å²) in [5, 5.41) is 2.16. The Balaban J connectivity index is 2.16. The van der Waals surface area contributed by atoms with Gasteiger partial charge in [0.15, 0.2) is 6.10 Å². The van der Waals surface area contributed by atoms with E-state index in [1.807, 2.05) is 0 Å². The van der Waals surface area contributed by atoms with Gasteiger partial charge < -0.3 is 15.8 Å². The van der Waals surface area contributed by atoms with Crippen LogP contribution in [-0.4, -0.2) is 40.7 Å². The smallest absolute Gasteiger partial charge is 0.405 e. The van der Waals surface area contributed by atoms with E-state index in [4.69, 9.17) is 10.5 Å². The molecule has 2 aromatic rings. The molecule has 0 bridgehead atoms. The molecule has 2 aromatic heterocycles. The van der Waals surface area contributed by atoms with Gasteiger partial charge in [0.1, 0.15) is 22.1 Å². The monoisotopic (exact) mass is 376 g/mol. The molecule has 0 saturated heterocycles. The number of carbonyl (C=O) groups excluding carboxylic acids is 2. The van der Waals surface area contributed by atoms with E-state index in [1.165, 1.54) is 6.92 Å². The third kappa shape index (κ3) is 4.35. The van der Waals surface area contributed by atoms with Crippen molar-refractivity contribution in [3.8, 4) is 0 Å². The number of fused-ring (bicyclic) bond motifs is 1. The lowest BCUT2D eigenvalue weighted by Crippen LogP contribution is -2.40. The molecule has 0 aliphatic heterocycles. The zero-order valence-electron chi connectivity index (χ0n) is 13.5. The summed E-state index contributed by atoms with van der Waals surface area (Å²) in [4.78, 5) is 32.6. The summed E-state index contributed by atoms with van der Waals surface area (Å²) in [6.07, 6.45) is -5.96. The number of ether oxygens (including phenoxy) is 1. The molecule has 0 radical (unpaired) electrons. The predicted octanol–water partition coefficient (Wildman–Crippen LogP) is 2.11. The van der Waals surface area contributed by atoms with E-state index < -0.39 is 30.7 Å². The molecule has 0 aromatic carbocycles.